The highest BCUT2D eigenvalue weighted by Gasteiger charge is 2.41. The Balaban J connectivity index is 1.28. The van der Waals surface area contributed by atoms with E-state index in [-0.39, 0.29) is 30.4 Å². The van der Waals surface area contributed by atoms with Crippen molar-refractivity contribution in [3.8, 4) is 11.3 Å². The van der Waals surface area contributed by atoms with Crippen LogP contribution in [0.15, 0.2) is 73.1 Å². The van der Waals surface area contributed by atoms with E-state index in [4.69, 9.17) is 11.6 Å². The Hall–Kier alpha value is -4.64. The molecule has 0 bridgehead atoms. The molecule has 8 nitrogen and oxygen atoms in total. The molecule has 2 aliphatic heterocycles. The predicted octanol–water partition coefficient (Wildman–Crippen LogP) is 5.66. The molecule has 0 unspecified atom stereocenters. The van der Waals surface area contributed by atoms with Crippen LogP contribution in [0, 0.1) is 0 Å². The van der Waals surface area contributed by atoms with Gasteiger partial charge in [-0.3, -0.25) is 14.6 Å². The minimum Gasteiger partial charge on any atom is -0.342 e. The fourth-order valence-corrected chi connectivity index (χ4v) is 6.41. The molecule has 0 aliphatic carbocycles. The molecule has 0 spiro atoms. The number of halogens is 4. The van der Waals surface area contributed by atoms with Crippen LogP contribution < -0.4 is 4.90 Å². The lowest BCUT2D eigenvalue weighted by atomic mass is 10.0. The van der Waals surface area contributed by atoms with Gasteiger partial charge in [0, 0.05) is 42.5 Å². The number of fused-ring (bicyclic) bond motifs is 1. The minimum atomic E-state index is -4.61. The number of para-hydroxylation sites is 1. The number of rotatable bonds is 4. The zero-order valence-corrected chi connectivity index (χ0v) is 23.6. The second-order valence-electron chi connectivity index (χ2n) is 10.7. The Labute approximate surface area is 248 Å². The van der Waals surface area contributed by atoms with Crippen molar-refractivity contribution in [3.63, 3.8) is 0 Å². The van der Waals surface area contributed by atoms with Crippen LogP contribution in [0.5, 0.6) is 0 Å². The normalized spacial score (nSPS) is 17.0. The SMILES string of the molecule is CN1C(=O)[C@@H](N2CCc3c(nn(Cc4ccccc4)c3Cl)C2=O)Cn2cc(-c3ncccc3C(F)(F)F)c3cccc1c32. The summed E-state index contributed by atoms with van der Waals surface area (Å²) >= 11 is 6.65. The van der Waals surface area contributed by atoms with Crippen molar-refractivity contribution in [2.75, 3.05) is 18.5 Å². The lowest BCUT2D eigenvalue weighted by Gasteiger charge is -2.34. The average molecular weight is 605 g/mol. The number of pyridine rings is 1. The molecule has 12 heteroatoms. The highest BCUT2D eigenvalue weighted by molar-refractivity contribution is 6.31. The molecule has 0 saturated heterocycles. The molecule has 0 fully saturated rings. The van der Waals surface area contributed by atoms with Crippen LogP contribution in [0.3, 0.4) is 0 Å². The summed E-state index contributed by atoms with van der Waals surface area (Å²) in [7, 11) is 1.61. The number of aromatic nitrogens is 4. The van der Waals surface area contributed by atoms with Gasteiger partial charge in [-0.1, -0.05) is 54.1 Å². The largest absolute Gasteiger partial charge is 0.418 e. The number of carbonyl (C=O) groups excluding carboxylic acids is 2. The summed E-state index contributed by atoms with van der Waals surface area (Å²) in [6, 6.07) is 16.1. The maximum Gasteiger partial charge on any atom is 0.418 e. The Morgan fingerprint density at radius 2 is 1.79 bits per heavy atom. The van der Waals surface area contributed by atoms with Crippen LogP contribution in [0.1, 0.15) is 27.2 Å². The van der Waals surface area contributed by atoms with Crippen LogP contribution in [-0.2, 0) is 30.5 Å². The molecule has 5 aromatic rings. The maximum absolute atomic E-state index is 14.0. The molecular weight excluding hydrogens is 581 g/mol. The van der Waals surface area contributed by atoms with Crippen molar-refractivity contribution < 1.29 is 22.8 Å². The number of anilines is 1. The van der Waals surface area contributed by atoms with E-state index in [1.807, 2.05) is 30.3 Å². The molecule has 2 aliphatic rings. The Morgan fingerprint density at radius 1 is 1.00 bits per heavy atom. The van der Waals surface area contributed by atoms with E-state index in [1.54, 1.807) is 40.7 Å². The number of hydrogen-bond acceptors (Lipinski definition) is 4. The zero-order valence-electron chi connectivity index (χ0n) is 22.8. The lowest BCUT2D eigenvalue weighted by Crippen LogP contribution is -2.53. The molecule has 0 radical (unpaired) electrons. The van der Waals surface area contributed by atoms with Gasteiger partial charge < -0.3 is 14.4 Å². The summed E-state index contributed by atoms with van der Waals surface area (Å²) in [4.78, 5) is 34.8. The first-order valence-electron chi connectivity index (χ1n) is 13.7. The minimum absolute atomic E-state index is 0.0460. The van der Waals surface area contributed by atoms with Gasteiger partial charge in [0.1, 0.15) is 11.2 Å². The molecule has 5 heterocycles. The van der Waals surface area contributed by atoms with Gasteiger partial charge in [-0.15, -0.1) is 0 Å². The van der Waals surface area contributed by atoms with Gasteiger partial charge in [-0.25, -0.2) is 4.68 Å². The zero-order chi connectivity index (χ0) is 30.0. The monoisotopic (exact) mass is 604 g/mol. The van der Waals surface area contributed by atoms with Gasteiger partial charge in [0.25, 0.3) is 11.8 Å². The molecule has 7 rings (SSSR count). The van der Waals surface area contributed by atoms with Crippen molar-refractivity contribution in [1.82, 2.24) is 24.2 Å². The van der Waals surface area contributed by atoms with Gasteiger partial charge in [-0.2, -0.15) is 18.3 Å². The van der Waals surface area contributed by atoms with E-state index in [0.29, 0.717) is 45.8 Å². The Bertz CT molecular complexity index is 1920. The molecule has 2 aromatic carbocycles. The van der Waals surface area contributed by atoms with Crippen molar-refractivity contribution >= 4 is 40.0 Å². The molecule has 0 N–H and O–H groups in total. The molecule has 43 heavy (non-hydrogen) atoms. The predicted molar refractivity (Wildman–Crippen MR) is 155 cm³/mol. The quantitative estimate of drug-likeness (QED) is 0.265. The summed E-state index contributed by atoms with van der Waals surface area (Å²) in [6.07, 6.45) is -1.28. The van der Waals surface area contributed by atoms with Crippen LogP contribution in [0.25, 0.3) is 22.2 Å². The first-order chi connectivity index (χ1) is 20.6. The highest BCUT2D eigenvalue weighted by atomic mass is 35.5. The summed E-state index contributed by atoms with van der Waals surface area (Å²) in [5.74, 6) is -0.724. The third-order valence-corrected chi connectivity index (χ3v) is 8.61. The summed E-state index contributed by atoms with van der Waals surface area (Å²) < 4.78 is 45.2. The number of hydrogen-bond donors (Lipinski definition) is 0. The van der Waals surface area contributed by atoms with Crippen molar-refractivity contribution in [1.29, 1.82) is 0 Å². The van der Waals surface area contributed by atoms with Crippen LogP contribution >= 0.6 is 11.6 Å². The van der Waals surface area contributed by atoms with Gasteiger partial charge in [0.15, 0.2) is 5.69 Å². The first-order valence-corrected chi connectivity index (χ1v) is 14.0. The van der Waals surface area contributed by atoms with Crippen molar-refractivity contribution in [3.05, 3.63) is 101 Å². The highest BCUT2D eigenvalue weighted by Crippen LogP contribution is 2.42. The topological polar surface area (TPSA) is 76.3 Å². The standard InChI is InChI=1S/C31H24ClF3N6O2/c1-38-23-11-5-9-19-21(25-22(31(33,34)35)10-6-13-36-25)16-39(27(19)23)17-24(29(38)42)40-14-12-20-26(30(40)43)37-41(28(20)32)15-18-7-3-2-4-8-18/h2-11,13,16,24H,12,14-15,17H2,1H3/t24-/m0/s1. The molecular formula is C31H24ClF3N6O2. The number of amides is 2. The van der Waals surface area contributed by atoms with Crippen LogP contribution in [0.4, 0.5) is 18.9 Å². The number of alkyl halides is 3. The van der Waals surface area contributed by atoms with E-state index in [9.17, 15) is 22.8 Å². The smallest absolute Gasteiger partial charge is 0.342 e. The van der Waals surface area contributed by atoms with E-state index in [2.05, 4.69) is 10.1 Å². The second kappa shape index (κ2) is 9.98. The number of carbonyl (C=O) groups is 2. The van der Waals surface area contributed by atoms with Crippen LogP contribution in [-0.4, -0.2) is 55.7 Å². The van der Waals surface area contributed by atoms with Gasteiger partial charge in [0.2, 0.25) is 0 Å². The molecule has 218 valence electrons. The fourth-order valence-electron chi connectivity index (χ4n) is 6.13. The van der Waals surface area contributed by atoms with E-state index < -0.39 is 23.7 Å². The Morgan fingerprint density at radius 3 is 2.56 bits per heavy atom. The van der Waals surface area contributed by atoms with Gasteiger partial charge in [0.05, 0.1) is 35.6 Å². The van der Waals surface area contributed by atoms with E-state index >= 15 is 0 Å². The number of likely N-dealkylation sites (N-methyl/N-ethyl adjacent to an activating group) is 1. The van der Waals surface area contributed by atoms with Gasteiger partial charge >= 0.3 is 6.18 Å². The molecule has 3 aromatic heterocycles. The second-order valence-corrected chi connectivity index (χ2v) is 11.0. The maximum atomic E-state index is 14.0. The number of benzene rings is 2. The molecule has 0 saturated carbocycles. The summed E-state index contributed by atoms with van der Waals surface area (Å²) in [5.41, 5.74) is 2.18. The summed E-state index contributed by atoms with van der Waals surface area (Å²) in [5, 5.41) is 5.45. The number of nitrogens with zero attached hydrogens (tertiary/aromatic N) is 6. The van der Waals surface area contributed by atoms with E-state index in [1.165, 1.54) is 22.1 Å². The summed E-state index contributed by atoms with van der Waals surface area (Å²) in [6.45, 7) is 0.668. The Kier molecular flexibility index (Phi) is 6.31. The first kappa shape index (κ1) is 27.2. The lowest BCUT2D eigenvalue weighted by molar-refractivity contribution is -0.137. The van der Waals surface area contributed by atoms with Gasteiger partial charge in [-0.05, 0) is 30.2 Å². The molecule has 1 atom stereocenters. The molecule has 2 amide bonds. The van der Waals surface area contributed by atoms with Crippen LogP contribution in [0.2, 0.25) is 5.15 Å². The van der Waals surface area contributed by atoms with Crippen molar-refractivity contribution in [2.24, 2.45) is 0 Å². The third kappa shape index (κ3) is 4.37. The fraction of sp³-hybridized carbons (Fsp3) is 0.226. The average Bonchev–Trinajstić information content (AvgIpc) is 3.50. The third-order valence-electron chi connectivity index (χ3n) is 8.19. The van der Waals surface area contributed by atoms with E-state index in [0.717, 1.165) is 11.6 Å². The van der Waals surface area contributed by atoms with Crippen molar-refractivity contribution in [2.45, 2.75) is 31.7 Å².